The fraction of sp³-hybridized carbons (Fsp3) is 0.286. The van der Waals surface area contributed by atoms with Crippen molar-refractivity contribution in [2.24, 2.45) is 0 Å². The van der Waals surface area contributed by atoms with Crippen LogP contribution in [0.15, 0.2) is 29.1 Å². The lowest BCUT2D eigenvalue weighted by molar-refractivity contribution is 0.0783. The molecule has 0 radical (unpaired) electrons. The number of anilines is 1. The standard InChI is InChI=1S/C14H15N3OS/c1-17(7-12-8-19-9-16-12)14(18)11-2-3-13-10(6-11)4-5-15-13/h2-3,6,8-9,15H,4-5,7H2,1H3. The number of hydrogen-bond donors (Lipinski definition) is 1. The molecule has 0 bridgehead atoms. The minimum atomic E-state index is 0.0442. The number of carbonyl (C=O) groups is 1. The topological polar surface area (TPSA) is 45.2 Å². The number of nitrogens with one attached hydrogen (secondary N) is 1. The van der Waals surface area contributed by atoms with E-state index in [4.69, 9.17) is 0 Å². The number of fused-ring (bicyclic) bond motifs is 1. The Morgan fingerprint density at radius 2 is 2.42 bits per heavy atom. The van der Waals surface area contributed by atoms with Crippen molar-refractivity contribution in [3.05, 3.63) is 45.9 Å². The summed E-state index contributed by atoms with van der Waals surface area (Å²) in [4.78, 5) is 18.3. The van der Waals surface area contributed by atoms with Gasteiger partial charge < -0.3 is 10.2 Å². The van der Waals surface area contributed by atoms with E-state index < -0.39 is 0 Å². The van der Waals surface area contributed by atoms with Gasteiger partial charge in [0.2, 0.25) is 0 Å². The Morgan fingerprint density at radius 1 is 1.53 bits per heavy atom. The van der Waals surface area contributed by atoms with Crippen molar-refractivity contribution in [2.75, 3.05) is 18.9 Å². The van der Waals surface area contributed by atoms with Crippen LogP contribution < -0.4 is 5.32 Å². The van der Waals surface area contributed by atoms with Crippen LogP contribution in [0.25, 0.3) is 0 Å². The van der Waals surface area contributed by atoms with Gasteiger partial charge in [0.25, 0.3) is 5.91 Å². The Hall–Kier alpha value is -1.88. The molecule has 1 aliphatic heterocycles. The van der Waals surface area contributed by atoms with E-state index >= 15 is 0 Å². The van der Waals surface area contributed by atoms with Gasteiger partial charge in [-0.3, -0.25) is 4.79 Å². The Morgan fingerprint density at radius 3 is 3.21 bits per heavy atom. The van der Waals surface area contributed by atoms with Gasteiger partial charge in [0.1, 0.15) is 0 Å². The highest BCUT2D eigenvalue weighted by molar-refractivity contribution is 7.07. The third kappa shape index (κ3) is 2.46. The van der Waals surface area contributed by atoms with Crippen molar-refractivity contribution < 1.29 is 4.79 Å². The molecule has 0 atom stereocenters. The molecule has 4 nitrogen and oxygen atoms in total. The molecule has 98 valence electrons. The van der Waals surface area contributed by atoms with Crippen LogP contribution in [0.4, 0.5) is 5.69 Å². The second kappa shape index (κ2) is 5.01. The first kappa shape index (κ1) is 12.2. The molecule has 0 unspecified atom stereocenters. The normalized spacial score (nSPS) is 12.9. The molecule has 0 fully saturated rings. The highest BCUT2D eigenvalue weighted by Crippen LogP contribution is 2.23. The number of nitrogens with zero attached hydrogens (tertiary/aromatic N) is 2. The maximum absolute atomic E-state index is 12.4. The average molecular weight is 273 g/mol. The lowest BCUT2D eigenvalue weighted by Gasteiger charge is -2.16. The minimum Gasteiger partial charge on any atom is -0.384 e. The highest BCUT2D eigenvalue weighted by atomic mass is 32.1. The Labute approximate surface area is 116 Å². The first-order valence-corrected chi connectivity index (χ1v) is 7.17. The molecule has 19 heavy (non-hydrogen) atoms. The van der Waals surface area contributed by atoms with Gasteiger partial charge in [-0.2, -0.15) is 0 Å². The van der Waals surface area contributed by atoms with E-state index in [1.54, 1.807) is 21.7 Å². The van der Waals surface area contributed by atoms with Crippen LogP contribution in [0.3, 0.4) is 0 Å². The van der Waals surface area contributed by atoms with E-state index in [1.165, 1.54) is 5.56 Å². The van der Waals surface area contributed by atoms with Crippen LogP contribution in [0.2, 0.25) is 0 Å². The summed E-state index contributed by atoms with van der Waals surface area (Å²) in [6.07, 6.45) is 0.992. The molecule has 2 heterocycles. The second-order valence-corrected chi connectivity index (χ2v) is 5.41. The van der Waals surface area contributed by atoms with Crippen LogP contribution in [-0.4, -0.2) is 29.4 Å². The molecule has 0 aliphatic carbocycles. The van der Waals surface area contributed by atoms with E-state index in [0.29, 0.717) is 6.54 Å². The zero-order valence-electron chi connectivity index (χ0n) is 10.7. The molecule has 1 aromatic heterocycles. The predicted octanol–water partition coefficient (Wildman–Crippen LogP) is 2.38. The van der Waals surface area contributed by atoms with E-state index in [0.717, 1.165) is 29.9 Å². The van der Waals surface area contributed by atoms with Gasteiger partial charge in [-0.1, -0.05) is 0 Å². The fourth-order valence-corrected chi connectivity index (χ4v) is 2.84. The van der Waals surface area contributed by atoms with Gasteiger partial charge >= 0.3 is 0 Å². The van der Waals surface area contributed by atoms with Gasteiger partial charge in [0.15, 0.2) is 0 Å². The maximum Gasteiger partial charge on any atom is 0.253 e. The first-order valence-electron chi connectivity index (χ1n) is 6.23. The fourth-order valence-electron chi connectivity index (χ4n) is 2.29. The molecule has 1 N–H and O–H groups in total. The lowest BCUT2D eigenvalue weighted by atomic mass is 10.1. The summed E-state index contributed by atoms with van der Waals surface area (Å²) >= 11 is 1.55. The number of rotatable bonds is 3. The summed E-state index contributed by atoms with van der Waals surface area (Å²) < 4.78 is 0. The number of carbonyl (C=O) groups excluding carboxylic acids is 1. The van der Waals surface area contributed by atoms with Crippen LogP contribution in [0, 0.1) is 0 Å². The lowest BCUT2D eigenvalue weighted by Crippen LogP contribution is -2.26. The number of hydrogen-bond acceptors (Lipinski definition) is 4. The number of aromatic nitrogens is 1. The molecule has 2 aromatic rings. The van der Waals surface area contributed by atoms with Gasteiger partial charge in [0.05, 0.1) is 17.7 Å². The zero-order valence-corrected chi connectivity index (χ0v) is 11.5. The Bertz CT molecular complexity index is 595. The van der Waals surface area contributed by atoms with Crippen molar-refractivity contribution in [1.29, 1.82) is 0 Å². The van der Waals surface area contributed by atoms with Crippen molar-refractivity contribution in [1.82, 2.24) is 9.88 Å². The molecule has 0 saturated carbocycles. The van der Waals surface area contributed by atoms with E-state index in [9.17, 15) is 4.79 Å². The van der Waals surface area contributed by atoms with E-state index in [-0.39, 0.29) is 5.91 Å². The summed E-state index contributed by atoms with van der Waals surface area (Å²) in [6, 6.07) is 5.87. The van der Waals surface area contributed by atoms with Gasteiger partial charge in [-0.25, -0.2) is 4.98 Å². The average Bonchev–Trinajstić information content (AvgIpc) is 3.07. The third-order valence-electron chi connectivity index (χ3n) is 3.29. The highest BCUT2D eigenvalue weighted by Gasteiger charge is 2.16. The zero-order chi connectivity index (χ0) is 13.2. The van der Waals surface area contributed by atoms with Gasteiger partial charge in [-0.15, -0.1) is 11.3 Å². The summed E-state index contributed by atoms with van der Waals surface area (Å²) in [7, 11) is 1.81. The van der Waals surface area contributed by atoms with Crippen molar-refractivity contribution in [2.45, 2.75) is 13.0 Å². The smallest absolute Gasteiger partial charge is 0.253 e. The van der Waals surface area contributed by atoms with Crippen molar-refractivity contribution in [3.8, 4) is 0 Å². The quantitative estimate of drug-likeness (QED) is 0.934. The number of benzene rings is 1. The second-order valence-electron chi connectivity index (χ2n) is 4.69. The first-order chi connectivity index (χ1) is 9.24. The van der Waals surface area contributed by atoms with E-state index in [1.807, 2.05) is 30.6 Å². The summed E-state index contributed by atoms with van der Waals surface area (Å²) in [5, 5.41) is 5.27. The van der Waals surface area contributed by atoms with Crippen molar-refractivity contribution in [3.63, 3.8) is 0 Å². The Balaban J connectivity index is 1.76. The maximum atomic E-state index is 12.4. The molecular formula is C14H15N3OS. The van der Waals surface area contributed by atoms with Crippen LogP contribution in [0.5, 0.6) is 0 Å². The molecule has 0 saturated heterocycles. The molecule has 1 amide bonds. The van der Waals surface area contributed by atoms with Crippen LogP contribution in [-0.2, 0) is 13.0 Å². The Kier molecular flexibility index (Phi) is 3.21. The number of amides is 1. The van der Waals surface area contributed by atoms with Crippen molar-refractivity contribution >= 4 is 22.9 Å². The summed E-state index contributed by atoms with van der Waals surface area (Å²) in [5.74, 6) is 0.0442. The summed E-state index contributed by atoms with van der Waals surface area (Å²) in [5.41, 5.74) is 5.85. The molecule has 5 heteroatoms. The van der Waals surface area contributed by atoms with Crippen LogP contribution in [0.1, 0.15) is 21.6 Å². The van der Waals surface area contributed by atoms with Crippen LogP contribution >= 0.6 is 11.3 Å². The van der Waals surface area contributed by atoms with Gasteiger partial charge in [-0.05, 0) is 30.2 Å². The van der Waals surface area contributed by atoms with E-state index in [2.05, 4.69) is 10.3 Å². The molecule has 1 aliphatic rings. The minimum absolute atomic E-state index is 0.0442. The molecule has 1 aromatic carbocycles. The molecule has 0 spiro atoms. The number of thiazole rings is 1. The monoisotopic (exact) mass is 273 g/mol. The van der Waals surface area contributed by atoms with Gasteiger partial charge in [0, 0.05) is 30.2 Å². The summed E-state index contributed by atoms with van der Waals surface area (Å²) in [6.45, 7) is 1.51. The molecular weight excluding hydrogens is 258 g/mol. The third-order valence-corrected chi connectivity index (χ3v) is 3.93. The molecule has 3 rings (SSSR count). The largest absolute Gasteiger partial charge is 0.384 e. The predicted molar refractivity (Wildman–Crippen MR) is 76.5 cm³/mol. The SMILES string of the molecule is CN(Cc1cscn1)C(=O)c1ccc2c(c1)CCN2.